The molecule has 2 aliphatic rings. The van der Waals surface area contributed by atoms with Gasteiger partial charge in [-0.05, 0) is 52.9 Å². The Labute approximate surface area is 198 Å². The lowest BCUT2D eigenvalue weighted by Crippen LogP contribution is -2.45. The molecule has 2 aromatic carbocycles. The lowest BCUT2D eigenvalue weighted by Gasteiger charge is -2.36. The maximum absolute atomic E-state index is 13.2. The van der Waals surface area contributed by atoms with Crippen LogP contribution in [0.25, 0.3) is 22.2 Å². The van der Waals surface area contributed by atoms with E-state index in [9.17, 15) is 18.4 Å². The number of pyridine rings is 1. The van der Waals surface area contributed by atoms with Gasteiger partial charge in [-0.25, -0.2) is 18.7 Å². The van der Waals surface area contributed by atoms with Gasteiger partial charge in [0, 0.05) is 60.9 Å². The first-order chi connectivity index (χ1) is 16.8. The second-order valence-corrected chi connectivity index (χ2v) is 9.14. The Morgan fingerprint density at radius 2 is 1.89 bits per heavy atom. The van der Waals surface area contributed by atoms with Gasteiger partial charge in [-0.2, -0.15) is 0 Å². The normalized spacial score (nSPS) is 16.7. The van der Waals surface area contributed by atoms with Crippen molar-refractivity contribution in [3.05, 3.63) is 82.4 Å². The molecule has 1 aliphatic heterocycles. The largest absolute Gasteiger partial charge is 0.340 e. The number of H-pyrrole nitrogens is 1. The summed E-state index contributed by atoms with van der Waals surface area (Å²) in [7, 11) is 0. The molecule has 1 fully saturated rings. The Morgan fingerprint density at radius 3 is 2.71 bits per heavy atom. The van der Waals surface area contributed by atoms with Crippen molar-refractivity contribution >= 4 is 28.2 Å². The fourth-order valence-electron chi connectivity index (χ4n) is 4.77. The highest BCUT2D eigenvalue weighted by molar-refractivity contribution is 5.85. The van der Waals surface area contributed by atoms with Gasteiger partial charge in [-0.1, -0.05) is 12.1 Å². The molecule has 0 spiro atoms. The monoisotopic (exact) mass is 473 g/mol. The summed E-state index contributed by atoms with van der Waals surface area (Å²) in [6.45, 7) is 0.835. The summed E-state index contributed by atoms with van der Waals surface area (Å²) in [4.78, 5) is 37.9. The number of alkyl halides is 2. The summed E-state index contributed by atoms with van der Waals surface area (Å²) in [6.07, 6.45) is 2.56. The molecule has 176 valence electrons. The van der Waals surface area contributed by atoms with Crippen molar-refractivity contribution in [2.75, 3.05) is 5.32 Å². The summed E-state index contributed by atoms with van der Waals surface area (Å²) in [5, 5.41) is 4.68. The highest BCUT2D eigenvalue weighted by atomic mass is 19.3. The number of carbonyl (C=O) groups excluding carboxylic acids is 1. The molecule has 1 aliphatic carbocycles. The van der Waals surface area contributed by atoms with Crippen molar-refractivity contribution in [2.24, 2.45) is 5.92 Å². The number of amides is 1. The number of fused-ring (bicyclic) bond motifs is 2. The van der Waals surface area contributed by atoms with Gasteiger partial charge in [-0.15, -0.1) is 0 Å². The number of benzene rings is 2. The summed E-state index contributed by atoms with van der Waals surface area (Å²) >= 11 is 0. The van der Waals surface area contributed by atoms with Gasteiger partial charge in [0.05, 0.1) is 0 Å². The molecule has 3 heterocycles. The molecular formula is C26H21F2N5O2. The van der Waals surface area contributed by atoms with Crippen LogP contribution in [0.15, 0.2) is 65.7 Å². The molecule has 6 rings (SSSR count). The average molecular weight is 473 g/mol. The molecule has 0 saturated heterocycles. The van der Waals surface area contributed by atoms with E-state index in [1.54, 1.807) is 29.4 Å². The van der Waals surface area contributed by atoms with E-state index in [2.05, 4.69) is 20.3 Å². The van der Waals surface area contributed by atoms with Gasteiger partial charge >= 0.3 is 0 Å². The van der Waals surface area contributed by atoms with Crippen molar-refractivity contribution < 1.29 is 13.6 Å². The number of hydrogen-bond acceptors (Lipinski definition) is 5. The van der Waals surface area contributed by atoms with Crippen LogP contribution >= 0.6 is 0 Å². The first kappa shape index (κ1) is 21.4. The second-order valence-electron chi connectivity index (χ2n) is 9.14. The number of anilines is 2. The molecule has 0 bridgehead atoms. The van der Waals surface area contributed by atoms with Gasteiger partial charge in [0.15, 0.2) is 5.82 Å². The van der Waals surface area contributed by atoms with Crippen molar-refractivity contribution in [3.8, 4) is 11.4 Å². The SMILES string of the molecule is O=C(C1CC(F)(F)C1)N1Cc2ccc(-c3nccc(Nc4ccc5c(=O)[nH]ccc5c4)n3)cc2C1. The van der Waals surface area contributed by atoms with E-state index < -0.39 is 11.8 Å². The van der Waals surface area contributed by atoms with Crippen LogP contribution in [-0.2, 0) is 17.9 Å². The summed E-state index contributed by atoms with van der Waals surface area (Å²) in [5.74, 6) is -2.37. The second kappa shape index (κ2) is 7.97. The Morgan fingerprint density at radius 1 is 1.06 bits per heavy atom. The van der Waals surface area contributed by atoms with Crippen LogP contribution in [0.1, 0.15) is 24.0 Å². The summed E-state index contributed by atoms with van der Waals surface area (Å²) in [6, 6.07) is 14.9. The van der Waals surface area contributed by atoms with Crippen molar-refractivity contribution in [1.29, 1.82) is 0 Å². The van der Waals surface area contributed by atoms with Crippen LogP contribution in [0.4, 0.5) is 20.3 Å². The molecule has 0 radical (unpaired) electrons. The third-order valence-electron chi connectivity index (χ3n) is 6.64. The van der Waals surface area contributed by atoms with E-state index in [0.717, 1.165) is 27.8 Å². The molecule has 2 N–H and O–H groups in total. The predicted molar refractivity (Wildman–Crippen MR) is 127 cm³/mol. The smallest absolute Gasteiger partial charge is 0.255 e. The van der Waals surface area contributed by atoms with E-state index in [1.807, 2.05) is 36.4 Å². The molecule has 9 heteroatoms. The molecule has 35 heavy (non-hydrogen) atoms. The van der Waals surface area contributed by atoms with Gasteiger partial charge in [0.2, 0.25) is 11.8 Å². The van der Waals surface area contributed by atoms with Crippen LogP contribution in [0, 0.1) is 5.92 Å². The first-order valence-corrected chi connectivity index (χ1v) is 11.3. The Hall–Kier alpha value is -4.14. The van der Waals surface area contributed by atoms with E-state index in [1.165, 1.54) is 0 Å². The number of aromatic nitrogens is 3. The van der Waals surface area contributed by atoms with Gasteiger partial charge in [-0.3, -0.25) is 9.59 Å². The molecule has 1 amide bonds. The van der Waals surface area contributed by atoms with Crippen LogP contribution in [0.2, 0.25) is 0 Å². The minimum Gasteiger partial charge on any atom is -0.340 e. The Bertz CT molecular complexity index is 1530. The number of hydrogen-bond donors (Lipinski definition) is 2. The van der Waals surface area contributed by atoms with Crippen LogP contribution in [0.5, 0.6) is 0 Å². The van der Waals surface area contributed by atoms with Gasteiger partial charge in [0.25, 0.3) is 5.56 Å². The zero-order valence-electron chi connectivity index (χ0n) is 18.6. The molecule has 2 aromatic heterocycles. The molecule has 7 nitrogen and oxygen atoms in total. The first-order valence-electron chi connectivity index (χ1n) is 11.3. The number of aromatic amines is 1. The molecule has 4 aromatic rings. The number of nitrogens with one attached hydrogen (secondary N) is 2. The Balaban J connectivity index is 1.20. The van der Waals surface area contributed by atoms with E-state index in [0.29, 0.717) is 30.1 Å². The van der Waals surface area contributed by atoms with Crippen LogP contribution < -0.4 is 10.9 Å². The van der Waals surface area contributed by atoms with Gasteiger partial charge < -0.3 is 15.2 Å². The lowest BCUT2D eigenvalue weighted by molar-refractivity contribution is -0.160. The molecule has 1 saturated carbocycles. The van der Waals surface area contributed by atoms with Crippen LogP contribution in [-0.4, -0.2) is 31.7 Å². The minimum atomic E-state index is -2.71. The minimum absolute atomic E-state index is 0.138. The molecule has 0 unspecified atom stereocenters. The number of carbonyl (C=O) groups is 1. The summed E-state index contributed by atoms with van der Waals surface area (Å²) in [5.41, 5.74) is 3.44. The maximum Gasteiger partial charge on any atom is 0.255 e. The summed E-state index contributed by atoms with van der Waals surface area (Å²) < 4.78 is 26.4. The fourth-order valence-corrected chi connectivity index (χ4v) is 4.77. The molecule has 0 atom stereocenters. The number of rotatable bonds is 4. The third-order valence-corrected chi connectivity index (χ3v) is 6.64. The van der Waals surface area contributed by atoms with Crippen molar-refractivity contribution in [1.82, 2.24) is 19.9 Å². The van der Waals surface area contributed by atoms with E-state index >= 15 is 0 Å². The number of halogens is 2. The fraction of sp³-hybridized carbons (Fsp3) is 0.231. The van der Waals surface area contributed by atoms with Crippen molar-refractivity contribution in [3.63, 3.8) is 0 Å². The number of nitrogens with zero attached hydrogens (tertiary/aromatic N) is 3. The highest BCUT2D eigenvalue weighted by Crippen LogP contribution is 2.44. The van der Waals surface area contributed by atoms with E-state index in [4.69, 9.17) is 0 Å². The standard InChI is InChI=1S/C26H21F2N5O2/c27-26(28)11-19(12-26)25(35)33-13-17-2-1-16(9-18(17)14-33)23-29-8-6-22(32-23)31-20-3-4-21-15(10-20)5-7-30-24(21)34/h1-10,19H,11-14H2,(H,30,34)(H,29,31,32). The average Bonchev–Trinajstić information content (AvgIpc) is 3.26. The third kappa shape index (κ3) is 4.03. The zero-order valence-corrected chi connectivity index (χ0v) is 18.6. The zero-order chi connectivity index (χ0) is 24.2. The maximum atomic E-state index is 13.2. The van der Waals surface area contributed by atoms with Gasteiger partial charge in [0.1, 0.15) is 5.82 Å². The van der Waals surface area contributed by atoms with E-state index in [-0.39, 0.29) is 24.3 Å². The highest BCUT2D eigenvalue weighted by Gasteiger charge is 2.50. The quantitative estimate of drug-likeness (QED) is 0.452. The van der Waals surface area contributed by atoms with Crippen LogP contribution in [0.3, 0.4) is 0 Å². The predicted octanol–water partition coefficient (Wildman–Crippen LogP) is 4.62. The Kier molecular flexibility index (Phi) is 4.87. The lowest BCUT2D eigenvalue weighted by atomic mass is 9.80. The van der Waals surface area contributed by atoms with Crippen molar-refractivity contribution in [2.45, 2.75) is 31.9 Å². The molecular weight excluding hydrogens is 452 g/mol. The topological polar surface area (TPSA) is 91.0 Å².